The molecule has 0 radical (unpaired) electrons. The molecule has 44 heavy (non-hydrogen) atoms. The Balaban J connectivity index is 1.34. The number of piperazine rings is 1. The van der Waals surface area contributed by atoms with Crippen LogP contribution in [-0.4, -0.2) is 89.8 Å². The Morgan fingerprint density at radius 3 is 2.70 bits per heavy atom. The lowest BCUT2D eigenvalue weighted by atomic mass is 9.99. The number of amides is 1. The number of ether oxygens (including phenoxy) is 1. The average Bonchev–Trinajstić information content (AvgIpc) is 3.29. The molecule has 1 unspecified atom stereocenters. The van der Waals surface area contributed by atoms with Gasteiger partial charge in [0.1, 0.15) is 18.1 Å². The first-order valence-electron chi connectivity index (χ1n) is 15.4. The Labute approximate surface area is 258 Å². The molecule has 4 heterocycles. The van der Waals surface area contributed by atoms with Crippen molar-refractivity contribution in [2.24, 2.45) is 0 Å². The maximum absolute atomic E-state index is 14.7. The van der Waals surface area contributed by atoms with Gasteiger partial charge in [-0.25, -0.2) is 4.39 Å². The molecule has 1 aromatic heterocycles. The van der Waals surface area contributed by atoms with Gasteiger partial charge in [-0.05, 0) is 50.4 Å². The summed E-state index contributed by atoms with van der Waals surface area (Å²) in [6.45, 7) is 11.0. The predicted molar refractivity (Wildman–Crippen MR) is 170 cm³/mol. The van der Waals surface area contributed by atoms with E-state index in [1.807, 2.05) is 11.9 Å². The van der Waals surface area contributed by atoms with Crippen LogP contribution in [0.15, 0.2) is 49.1 Å². The van der Waals surface area contributed by atoms with E-state index in [4.69, 9.17) is 14.7 Å². The summed E-state index contributed by atoms with van der Waals surface area (Å²) in [5.41, 5.74) is 3.12. The first-order valence-corrected chi connectivity index (χ1v) is 15.4. The fraction of sp³-hybridized carbons (Fsp3) is 0.471. The quantitative estimate of drug-likeness (QED) is 0.370. The number of benzene rings is 2. The van der Waals surface area contributed by atoms with E-state index in [1.165, 1.54) is 28.1 Å². The number of rotatable bonds is 7. The average molecular weight is 598 g/mol. The van der Waals surface area contributed by atoms with Crippen LogP contribution in [0.2, 0.25) is 0 Å². The molecule has 2 fully saturated rings. The highest BCUT2D eigenvalue weighted by Gasteiger charge is 2.40. The first-order chi connectivity index (χ1) is 21.2. The van der Waals surface area contributed by atoms with Crippen LogP contribution in [0.5, 0.6) is 6.01 Å². The van der Waals surface area contributed by atoms with E-state index in [0.29, 0.717) is 45.8 Å². The molecule has 0 spiro atoms. The van der Waals surface area contributed by atoms with Crippen molar-refractivity contribution in [1.29, 1.82) is 5.26 Å². The Morgan fingerprint density at radius 2 is 1.98 bits per heavy atom. The van der Waals surface area contributed by atoms with Gasteiger partial charge in [-0.1, -0.05) is 36.9 Å². The van der Waals surface area contributed by atoms with Crippen LogP contribution in [0, 0.1) is 18.3 Å². The molecule has 10 heteroatoms. The summed E-state index contributed by atoms with van der Waals surface area (Å²) < 4.78 is 21.0. The summed E-state index contributed by atoms with van der Waals surface area (Å²) >= 11 is 0. The van der Waals surface area contributed by atoms with Gasteiger partial charge >= 0.3 is 6.01 Å². The van der Waals surface area contributed by atoms with Crippen LogP contribution < -0.4 is 14.5 Å². The third kappa shape index (κ3) is 5.81. The molecule has 2 saturated heterocycles. The Hall–Kier alpha value is -4.23. The maximum atomic E-state index is 14.7. The molecule has 3 aliphatic heterocycles. The normalized spacial score (nSPS) is 23.8. The number of carbonyl (C=O) groups is 1. The number of hydrogen-bond donors (Lipinski definition) is 0. The SMILES string of the molecule is C=CC(=O)N1CCN(c2nc(OC[C@@H]3CC(C)(F)CN3C)nc3c2CCN(c2cccc4cccc(C)c24)C3)C[C@@H]1CC#N. The van der Waals surface area contributed by atoms with Crippen LogP contribution in [0.3, 0.4) is 0 Å². The molecule has 3 atom stereocenters. The van der Waals surface area contributed by atoms with E-state index in [1.54, 1.807) is 11.8 Å². The van der Waals surface area contributed by atoms with Crippen molar-refractivity contribution >= 4 is 28.2 Å². The van der Waals surface area contributed by atoms with Crippen molar-refractivity contribution < 1.29 is 13.9 Å². The molecule has 6 rings (SSSR count). The number of aryl methyl sites for hydroxylation is 1. The highest BCUT2D eigenvalue weighted by atomic mass is 19.1. The number of alkyl halides is 1. The molecule has 230 valence electrons. The van der Waals surface area contributed by atoms with Crippen molar-refractivity contribution in [3.05, 3.63) is 65.9 Å². The van der Waals surface area contributed by atoms with Gasteiger partial charge in [-0.15, -0.1) is 0 Å². The first kappa shape index (κ1) is 29.8. The highest BCUT2D eigenvalue weighted by molar-refractivity contribution is 5.97. The number of hydrogen-bond acceptors (Lipinski definition) is 8. The molecule has 2 aromatic carbocycles. The molecular weight excluding hydrogens is 557 g/mol. The standard InChI is InChI=1S/C34H40FN7O2/c1-5-30(43)42-17-16-41(19-25(42)12-14-36)32-27-13-15-40(29-11-7-10-24-9-6-8-23(2)31(24)29)20-28(27)37-33(38-32)44-21-26-18-34(3,35)22-39(26)4/h5-11,25-26H,1,12-13,15-22H2,2-4H3/t25-,26-,34?/m0/s1. The number of fused-ring (bicyclic) bond motifs is 2. The van der Waals surface area contributed by atoms with Crippen molar-refractivity contribution in [1.82, 2.24) is 19.8 Å². The number of nitrogens with zero attached hydrogens (tertiary/aromatic N) is 7. The lowest BCUT2D eigenvalue weighted by Gasteiger charge is -2.42. The predicted octanol–water partition coefficient (Wildman–Crippen LogP) is 4.43. The zero-order valence-electron chi connectivity index (χ0n) is 25.8. The summed E-state index contributed by atoms with van der Waals surface area (Å²) in [5.74, 6) is 0.628. The third-order valence-corrected chi connectivity index (χ3v) is 9.29. The van der Waals surface area contributed by atoms with Crippen LogP contribution in [-0.2, 0) is 17.8 Å². The molecular formula is C34H40FN7O2. The number of likely N-dealkylation sites (N-methyl/N-ethyl adjacent to an activating group) is 1. The highest BCUT2D eigenvalue weighted by Crippen LogP contribution is 2.36. The van der Waals surface area contributed by atoms with Gasteiger partial charge in [-0.2, -0.15) is 15.2 Å². The van der Waals surface area contributed by atoms with Crippen LogP contribution >= 0.6 is 0 Å². The zero-order chi connectivity index (χ0) is 31.0. The van der Waals surface area contributed by atoms with Crippen molar-refractivity contribution in [2.45, 2.75) is 57.4 Å². The Kier molecular flexibility index (Phi) is 8.16. The van der Waals surface area contributed by atoms with Gasteiger partial charge in [0.15, 0.2) is 0 Å². The second-order valence-electron chi connectivity index (χ2n) is 12.6. The summed E-state index contributed by atoms with van der Waals surface area (Å²) in [6, 6.07) is 15.0. The van der Waals surface area contributed by atoms with Gasteiger partial charge in [0.2, 0.25) is 5.91 Å². The van der Waals surface area contributed by atoms with Crippen molar-refractivity contribution in [3.63, 3.8) is 0 Å². The number of aromatic nitrogens is 2. The molecule has 9 nitrogen and oxygen atoms in total. The summed E-state index contributed by atoms with van der Waals surface area (Å²) in [5, 5.41) is 12.0. The van der Waals surface area contributed by atoms with Gasteiger partial charge in [-0.3, -0.25) is 9.69 Å². The molecule has 0 N–H and O–H groups in total. The number of anilines is 2. The van der Waals surface area contributed by atoms with E-state index < -0.39 is 5.67 Å². The van der Waals surface area contributed by atoms with Crippen molar-refractivity contribution in [3.8, 4) is 12.1 Å². The Morgan fingerprint density at radius 1 is 1.18 bits per heavy atom. The molecule has 0 saturated carbocycles. The van der Waals surface area contributed by atoms with Crippen LogP contribution in [0.25, 0.3) is 10.8 Å². The smallest absolute Gasteiger partial charge is 0.318 e. The molecule has 3 aromatic rings. The van der Waals surface area contributed by atoms with Crippen LogP contribution in [0.1, 0.15) is 36.6 Å². The van der Waals surface area contributed by atoms with E-state index in [0.717, 1.165) is 30.0 Å². The Bertz CT molecular complexity index is 1610. The monoisotopic (exact) mass is 597 g/mol. The van der Waals surface area contributed by atoms with Gasteiger partial charge in [0.25, 0.3) is 0 Å². The van der Waals surface area contributed by atoms with Gasteiger partial charge in [0.05, 0.1) is 30.8 Å². The number of carbonyl (C=O) groups excluding carboxylic acids is 1. The minimum absolute atomic E-state index is 0.0725. The number of halogens is 1. The maximum Gasteiger partial charge on any atom is 0.318 e. The topological polar surface area (TPSA) is 88.8 Å². The zero-order valence-corrected chi connectivity index (χ0v) is 25.8. The van der Waals surface area contributed by atoms with E-state index >= 15 is 0 Å². The van der Waals surface area contributed by atoms with Gasteiger partial charge < -0.3 is 19.4 Å². The van der Waals surface area contributed by atoms with E-state index in [9.17, 15) is 14.4 Å². The molecule has 3 aliphatic rings. The van der Waals surface area contributed by atoms with E-state index in [-0.39, 0.29) is 30.4 Å². The van der Waals surface area contributed by atoms with Gasteiger partial charge in [0, 0.05) is 61.8 Å². The molecule has 1 amide bonds. The summed E-state index contributed by atoms with van der Waals surface area (Å²) in [6.07, 6.45) is 2.67. The number of nitriles is 1. The largest absolute Gasteiger partial charge is 0.462 e. The second-order valence-corrected chi connectivity index (χ2v) is 12.6. The van der Waals surface area contributed by atoms with E-state index in [2.05, 4.69) is 65.8 Å². The number of likely N-dealkylation sites (tertiary alicyclic amines) is 1. The third-order valence-electron chi connectivity index (χ3n) is 9.29. The van der Waals surface area contributed by atoms with Crippen LogP contribution in [0.4, 0.5) is 15.9 Å². The lowest BCUT2D eigenvalue weighted by Crippen LogP contribution is -2.55. The van der Waals surface area contributed by atoms with Crippen molar-refractivity contribution in [2.75, 3.05) is 56.2 Å². The summed E-state index contributed by atoms with van der Waals surface area (Å²) in [4.78, 5) is 30.7. The fourth-order valence-corrected chi connectivity index (χ4v) is 7.14. The second kappa shape index (κ2) is 12.0. The fourth-order valence-electron chi connectivity index (χ4n) is 7.14. The lowest BCUT2D eigenvalue weighted by molar-refractivity contribution is -0.128. The minimum atomic E-state index is -1.25. The molecule has 0 aliphatic carbocycles. The minimum Gasteiger partial charge on any atom is -0.462 e. The molecule has 0 bridgehead atoms. The summed E-state index contributed by atoms with van der Waals surface area (Å²) in [7, 11) is 1.92.